The first-order chi connectivity index (χ1) is 17.4. The van der Waals surface area contributed by atoms with Crippen LogP contribution in [0.3, 0.4) is 0 Å². The van der Waals surface area contributed by atoms with Crippen molar-refractivity contribution in [3.05, 3.63) is 30.6 Å². The van der Waals surface area contributed by atoms with Crippen molar-refractivity contribution in [3.8, 4) is 11.4 Å². The maximum atomic E-state index is 13.8. The number of ether oxygens (including phenoxy) is 2. The first kappa shape index (κ1) is 24.4. The number of likely N-dealkylation sites (tertiary alicyclic amines) is 1. The van der Waals surface area contributed by atoms with Crippen molar-refractivity contribution in [2.24, 2.45) is 4.36 Å². The smallest absolute Gasteiger partial charge is 0.409 e. The van der Waals surface area contributed by atoms with Gasteiger partial charge in [0.15, 0.2) is 11.6 Å². The number of amides is 1. The number of carbonyl (C=O) groups is 1. The summed E-state index contributed by atoms with van der Waals surface area (Å²) in [5, 5.41) is 0.753. The minimum absolute atomic E-state index is 0.132. The van der Waals surface area contributed by atoms with E-state index in [4.69, 9.17) is 23.8 Å². The van der Waals surface area contributed by atoms with Crippen LogP contribution in [0.4, 0.5) is 16.4 Å². The van der Waals surface area contributed by atoms with E-state index in [0.29, 0.717) is 57.3 Å². The molecule has 5 rings (SSSR count). The van der Waals surface area contributed by atoms with Crippen LogP contribution in [0.25, 0.3) is 22.4 Å². The number of carbonyl (C=O) groups excluding carboxylic acids is 1. The van der Waals surface area contributed by atoms with Crippen molar-refractivity contribution in [1.29, 1.82) is 0 Å². The van der Waals surface area contributed by atoms with Crippen LogP contribution in [0.2, 0.25) is 0 Å². The zero-order chi connectivity index (χ0) is 25.3. The second-order valence-corrected chi connectivity index (χ2v) is 11.8. The van der Waals surface area contributed by atoms with Crippen molar-refractivity contribution in [1.82, 2.24) is 24.8 Å². The molecule has 0 spiro atoms. The van der Waals surface area contributed by atoms with E-state index in [-0.39, 0.29) is 17.4 Å². The number of piperidine rings is 1. The van der Waals surface area contributed by atoms with Gasteiger partial charge in [-0.15, -0.1) is 0 Å². The summed E-state index contributed by atoms with van der Waals surface area (Å²) in [6.45, 7) is 4.98. The number of H-pyrrole nitrogens is 1. The Labute approximate surface area is 210 Å². The van der Waals surface area contributed by atoms with Crippen LogP contribution in [0.1, 0.15) is 19.8 Å². The van der Waals surface area contributed by atoms with Gasteiger partial charge in [0.25, 0.3) is 0 Å². The summed E-state index contributed by atoms with van der Waals surface area (Å²) in [7, 11) is -1.27. The Balaban J connectivity index is 1.54. The number of methoxy groups -OCH3 is 1. The Morgan fingerprint density at radius 1 is 1.25 bits per heavy atom. The van der Waals surface area contributed by atoms with Crippen LogP contribution in [0.15, 0.2) is 35.0 Å². The topological polar surface area (TPSA) is 126 Å². The molecule has 11 nitrogen and oxygen atoms in total. The Kier molecular flexibility index (Phi) is 6.80. The maximum absolute atomic E-state index is 13.8. The van der Waals surface area contributed by atoms with Crippen molar-refractivity contribution >= 4 is 38.5 Å². The van der Waals surface area contributed by atoms with Crippen LogP contribution in [-0.2, 0) is 19.2 Å². The lowest BCUT2D eigenvalue weighted by atomic mass is 10.1. The van der Waals surface area contributed by atoms with Crippen molar-refractivity contribution in [2.75, 3.05) is 51.1 Å². The molecular weight excluding hydrogens is 482 g/mol. The van der Waals surface area contributed by atoms with Gasteiger partial charge in [-0.05, 0) is 31.9 Å². The number of anilines is 1. The van der Waals surface area contributed by atoms with Crippen LogP contribution in [-0.4, -0.2) is 92.6 Å². The highest BCUT2D eigenvalue weighted by Crippen LogP contribution is 2.31. The number of rotatable bonds is 4. The second kappa shape index (κ2) is 10.0. The van der Waals surface area contributed by atoms with E-state index in [1.54, 1.807) is 17.4 Å². The molecule has 192 valence electrons. The molecule has 0 bridgehead atoms. The molecule has 36 heavy (non-hydrogen) atoms. The van der Waals surface area contributed by atoms with Gasteiger partial charge in [-0.25, -0.2) is 24.0 Å². The van der Waals surface area contributed by atoms with E-state index in [1.165, 1.54) is 7.11 Å². The number of hydrogen-bond donors (Lipinski definition) is 1. The number of aromatic nitrogens is 4. The molecule has 5 heterocycles. The Hall–Kier alpha value is -3.25. The predicted molar refractivity (Wildman–Crippen MR) is 138 cm³/mol. The fourth-order valence-electron chi connectivity index (χ4n) is 4.82. The summed E-state index contributed by atoms with van der Waals surface area (Å²) in [4.78, 5) is 32.8. The number of fused-ring (bicyclic) bond motifs is 1. The Morgan fingerprint density at radius 2 is 2.06 bits per heavy atom. The first-order valence-electron chi connectivity index (χ1n) is 12.1. The lowest BCUT2D eigenvalue weighted by Crippen LogP contribution is -2.44. The molecule has 2 aliphatic rings. The standard InChI is InChI=1S/C24H31N7O4S/c1-16-15-35-13-12-31(16)21-14-20(27-23(28-21)19-5-9-26-22-18(19)4-8-25-22)29-36(3,33)17-6-10-30(11-7-17)24(32)34-2/h4-5,8-9,14,16-17H,6-7,10-13,15H2,1-3H3,(H,25,26)/t16-,36?/m1/s1. The molecule has 2 atom stereocenters. The third-order valence-corrected chi connectivity index (χ3v) is 9.09. The van der Waals surface area contributed by atoms with Gasteiger partial charge in [0.05, 0.1) is 36.1 Å². The van der Waals surface area contributed by atoms with E-state index in [2.05, 4.69) is 21.8 Å². The summed E-state index contributed by atoms with van der Waals surface area (Å²) in [5.74, 6) is 1.62. The summed E-state index contributed by atoms with van der Waals surface area (Å²) in [6.07, 6.45) is 6.06. The molecule has 12 heteroatoms. The van der Waals surface area contributed by atoms with E-state index >= 15 is 0 Å². The van der Waals surface area contributed by atoms with Crippen molar-refractivity contribution < 1.29 is 18.5 Å². The van der Waals surface area contributed by atoms with Crippen molar-refractivity contribution in [2.45, 2.75) is 31.1 Å². The summed E-state index contributed by atoms with van der Waals surface area (Å²) in [5.41, 5.74) is 1.57. The summed E-state index contributed by atoms with van der Waals surface area (Å²) < 4.78 is 29.0. The molecule has 0 saturated carbocycles. The molecule has 0 radical (unpaired) electrons. The van der Waals surface area contributed by atoms with E-state index in [9.17, 15) is 9.00 Å². The average molecular weight is 514 g/mol. The van der Waals surface area contributed by atoms with Crippen LogP contribution >= 0.6 is 0 Å². The molecule has 1 unspecified atom stereocenters. The molecule has 3 aromatic heterocycles. The van der Waals surface area contributed by atoms with Crippen LogP contribution < -0.4 is 4.90 Å². The largest absolute Gasteiger partial charge is 0.453 e. The molecule has 1 amide bonds. The fourth-order valence-corrected chi connectivity index (χ4v) is 6.52. The van der Waals surface area contributed by atoms with Gasteiger partial charge in [-0.1, -0.05) is 0 Å². The van der Waals surface area contributed by atoms with Crippen molar-refractivity contribution in [3.63, 3.8) is 0 Å². The number of pyridine rings is 1. The van der Waals surface area contributed by atoms with Crippen LogP contribution in [0, 0.1) is 0 Å². The molecule has 1 N–H and O–H groups in total. The minimum atomic E-state index is -2.64. The minimum Gasteiger partial charge on any atom is -0.453 e. The highest BCUT2D eigenvalue weighted by molar-refractivity contribution is 7.93. The second-order valence-electron chi connectivity index (χ2n) is 9.23. The van der Waals surface area contributed by atoms with E-state index < -0.39 is 9.73 Å². The zero-order valence-electron chi connectivity index (χ0n) is 20.7. The number of aromatic amines is 1. The predicted octanol–water partition coefficient (Wildman–Crippen LogP) is 3.21. The quantitative estimate of drug-likeness (QED) is 0.564. The first-order valence-corrected chi connectivity index (χ1v) is 14.0. The monoisotopic (exact) mass is 513 g/mol. The molecule has 0 aliphatic carbocycles. The Morgan fingerprint density at radius 3 is 2.81 bits per heavy atom. The average Bonchev–Trinajstić information content (AvgIpc) is 3.37. The normalized spacial score (nSPS) is 20.8. The molecule has 0 aromatic carbocycles. The number of nitrogens with one attached hydrogen (secondary N) is 1. The van der Waals surface area contributed by atoms with E-state index in [0.717, 1.165) is 22.4 Å². The molecular formula is C24H31N7O4S. The molecule has 2 aliphatic heterocycles. The number of nitrogens with zero attached hydrogens (tertiary/aromatic N) is 6. The Bertz CT molecular complexity index is 1380. The van der Waals surface area contributed by atoms with Gasteiger partial charge in [0, 0.05) is 60.5 Å². The highest BCUT2D eigenvalue weighted by atomic mass is 32.2. The zero-order valence-corrected chi connectivity index (χ0v) is 21.5. The third-order valence-electron chi connectivity index (χ3n) is 6.83. The van der Waals surface area contributed by atoms with Gasteiger partial charge in [-0.3, -0.25) is 0 Å². The highest BCUT2D eigenvalue weighted by Gasteiger charge is 2.29. The van der Waals surface area contributed by atoms with Gasteiger partial charge in [-0.2, -0.15) is 4.36 Å². The SMILES string of the molecule is COC(=O)N1CCC(S(C)(=O)=Nc2cc(N3CCOC[C@H]3C)nc(-c3ccnc4[nH]ccc34)n2)CC1. The number of morpholine rings is 1. The number of hydrogen-bond acceptors (Lipinski definition) is 9. The van der Waals surface area contributed by atoms with E-state index in [1.807, 2.05) is 24.4 Å². The third kappa shape index (κ3) is 4.87. The lowest BCUT2D eigenvalue weighted by molar-refractivity contribution is 0.0985. The summed E-state index contributed by atoms with van der Waals surface area (Å²) >= 11 is 0. The maximum Gasteiger partial charge on any atom is 0.409 e. The van der Waals surface area contributed by atoms with Gasteiger partial charge >= 0.3 is 6.09 Å². The van der Waals surface area contributed by atoms with Gasteiger partial charge in [0.2, 0.25) is 0 Å². The fraction of sp³-hybridized carbons (Fsp3) is 0.500. The molecule has 2 saturated heterocycles. The lowest BCUT2D eigenvalue weighted by Gasteiger charge is -2.34. The van der Waals surface area contributed by atoms with Gasteiger partial charge in [0.1, 0.15) is 11.5 Å². The molecule has 3 aromatic rings. The molecule has 2 fully saturated rings. The summed E-state index contributed by atoms with van der Waals surface area (Å²) in [6, 6.07) is 5.77. The van der Waals surface area contributed by atoms with Crippen LogP contribution in [0.5, 0.6) is 0 Å². The van der Waals surface area contributed by atoms with Gasteiger partial charge < -0.3 is 24.3 Å².